The number of anilines is 2. The van der Waals surface area contributed by atoms with E-state index in [9.17, 15) is 13.6 Å². The topological polar surface area (TPSA) is 106 Å². The molecule has 8 nitrogen and oxygen atoms in total. The molecule has 3 N–H and O–H groups in total. The molecule has 1 saturated carbocycles. The van der Waals surface area contributed by atoms with Crippen LogP contribution in [0.4, 0.5) is 20.5 Å². The summed E-state index contributed by atoms with van der Waals surface area (Å²) in [6.45, 7) is 0.569. The number of primary amides is 1. The van der Waals surface area contributed by atoms with Crippen molar-refractivity contribution in [1.82, 2.24) is 15.0 Å². The van der Waals surface area contributed by atoms with Crippen LogP contribution in [-0.4, -0.2) is 52.0 Å². The summed E-state index contributed by atoms with van der Waals surface area (Å²) >= 11 is 0. The number of hydrogen-bond acceptors (Lipinski definition) is 7. The molecule has 1 amide bonds. The highest BCUT2D eigenvalue weighted by atomic mass is 19.3. The summed E-state index contributed by atoms with van der Waals surface area (Å²) in [6.07, 6.45) is 6.12. The minimum absolute atomic E-state index is 0.0479. The summed E-state index contributed by atoms with van der Waals surface area (Å²) in [5, 5.41) is 3.35. The quantitative estimate of drug-likeness (QED) is 0.723. The Kier molecular flexibility index (Phi) is 6.15. The van der Waals surface area contributed by atoms with Crippen LogP contribution < -0.4 is 20.7 Å². The van der Waals surface area contributed by atoms with Crippen LogP contribution in [0.5, 0.6) is 5.88 Å². The Bertz CT molecular complexity index is 910. The number of ether oxygens (including phenoxy) is 1. The molecule has 3 heterocycles. The lowest BCUT2D eigenvalue weighted by Gasteiger charge is -2.33. The van der Waals surface area contributed by atoms with Gasteiger partial charge in [0.05, 0.1) is 0 Å². The van der Waals surface area contributed by atoms with Gasteiger partial charge in [-0.1, -0.05) is 0 Å². The van der Waals surface area contributed by atoms with E-state index in [0.717, 1.165) is 25.7 Å². The van der Waals surface area contributed by atoms with Crippen LogP contribution in [0.15, 0.2) is 30.6 Å². The minimum atomic E-state index is -2.58. The lowest BCUT2D eigenvalue weighted by atomic mass is 9.93. The van der Waals surface area contributed by atoms with Crippen molar-refractivity contribution in [3.05, 3.63) is 36.2 Å². The number of carbonyl (C=O) groups is 1. The lowest BCUT2D eigenvalue weighted by Crippen LogP contribution is -2.40. The summed E-state index contributed by atoms with van der Waals surface area (Å²) in [4.78, 5) is 26.3. The number of aromatic nitrogens is 3. The molecule has 0 unspecified atom stereocenters. The highest BCUT2D eigenvalue weighted by molar-refractivity contribution is 5.94. The molecule has 1 aliphatic heterocycles. The monoisotopic (exact) mass is 432 g/mol. The van der Waals surface area contributed by atoms with E-state index in [2.05, 4.69) is 20.3 Å². The third kappa shape index (κ3) is 5.36. The van der Waals surface area contributed by atoms with Gasteiger partial charge in [-0.3, -0.25) is 4.79 Å². The van der Waals surface area contributed by atoms with Gasteiger partial charge in [0.15, 0.2) is 0 Å². The molecule has 166 valence electrons. The van der Waals surface area contributed by atoms with Crippen LogP contribution in [0.3, 0.4) is 0 Å². The standard InChI is InChI=1S/C21H26F2N6O2/c22-21(23)8-12-29(13-9-21)17-7-11-26-20(28-17)27-14-3-5-15(6-4-14)31-19-16(18(24)30)2-1-10-25-19/h1-2,7,10-11,14-15H,3-6,8-9,12-13H2,(H2,24,30)(H,26,27,28)/t14-,15-. The van der Waals surface area contributed by atoms with Gasteiger partial charge in [0, 0.05) is 44.4 Å². The molecular formula is C21H26F2N6O2. The van der Waals surface area contributed by atoms with Crippen molar-refractivity contribution in [2.75, 3.05) is 23.3 Å². The number of piperidine rings is 1. The zero-order chi connectivity index (χ0) is 21.8. The molecule has 2 aromatic heterocycles. The summed E-state index contributed by atoms with van der Waals surface area (Å²) in [6, 6.07) is 5.19. The Labute approximate surface area is 179 Å². The first-order valence-corrected chi connectivity index (χ1v) is 10.5. The third-order valence-electron chi connectivity index (χ3n) is 5.78. The number of nitrogens with one attached hydrogen (secondary N) is 1. The number of rotatable bonds is 6. The molecule has 31 heavy (non-hydrogen) atoms. The maximum absolute atomic E-state index is 13.4. The molecule has 0 aromatic carbocycles. The summed E-state index contributed by atoms with van der Waals surface area (Å²) in [5.74, 6) is -1.71. The maximum atomic E-state index is 13.4. The van der Waals surface area contributed by atoms with Gasteiger partial charge in [0.1, 0.15) is 17.5 Å². The number of halogens is 2. The van der Waals surface area contributed by atoms with Gasteiger partial charge >= 0.3 is 0 Å². The van der Waals surface area contributed by atoms with E-state index in [-0.39, 0.29) is 49.5 Å². The van der Waals surface area contributed by atoms with E-state index in [4.69, 9.17) is 10.5 Å². The van der Waals surface area contributed by atoms with Crippen LogP contribution in [0, 0.1) is 0 Å². The second-order valence-electron chi connectivity index (χ2n) is 8.04. The van der Waals surface area contributed by atoms with Gasteiger partial charge in [0.2, 0.25) is 11.8 Å². The zero-order valence-electron chi connectivity index (χ0n) is 17.1. The van der Waals surface area contributed by atoms with E-state index in [1.807, 2.05) is 4.90 Å². The Morgan fingerprint density at radius 1 is 1.13 bits per heavy atom. The minimum Gasteiger partial charge on any atom is -0.474 e. The Balaban J connectivity index is 1.30. The molecule has 10 heteroatoms. The van der Waals surface area contributed by atoms with Gasteiger partial charge in [0.25, 0.3) is 11.8 Å². The van der Waals surface area contributed by atoms with Crippen molar-refractivity contribution >= 4 is 17.7 Å². The van der Waals surface area contributed by atoms with Crippen LogP contribution in [0.1, 0.15) is 48.9 Å². The molecule has 0 atom stereocenters. The number of pyridine rings is 1. The summed E-state index contributed by atoms with van der Waals surface area (Å²) in [7, 11) is 0. The molecule has 1 aliphatic carbocycles. The fraction of sp³-hybridized carbons (Fsp3) is 0.524. The third-order valence-corrected chi connectivity index (χ3v) is 5.78. The van der Waals surface area contributed by atoms with Crippen LogP contribution in [0.2, 0.25) is 0 Å². The van der Waals surface area contributed by atoms with Gasteiger partial charge in [-0.05, 0) is 43.9 Å². The first-order chi connectivity index (χ1) is 14.9. The summed E-state index contributed by atoms with van der Waals surface area (Å²) < 4.78 is 32.7. The number of alkyl halides is 2. The number of amides is 1. The van der Waals surface area contributed by atoms with Crippen molar-refractivity contribution in [3.8, 4) is 5.88 Å². The van der Waals surface area contributed by atoms with Crippen molar-refractivity contribution < 1.29 is 18.3 Å². The Morgan fingerprint density at radius 3 is 2.58 bits per heavy atom. The second kappa shape index (κ2) is 8.99. The fourth-order valence-corrected chi connectivity index (χ4v) is 4.00. The Morgan fingerprint density at radius 2 is 1.87 bits per heavy atom. The first-order valence-electron chi connectivity index (χ1n) is 10.5. The molecule has 2 aromatic rings. The summed E-state index contributed by atoms with van der Waals surface area (Å²) in [5.41, 5.74) is 5.66. The largest absolute Gasteiger partial charge is 0.474 e. The number of nitrogens with zero attached hydrogens (tertiary/aromatic N) is 4. The molecule has 2 fully saturated rings. The number of nitrogens with two attached hydrogens (primary N) is 1. The first kappa shape index (κ1) is 21.2. The van der Waals surface area contributed by atoms with Gasteiger partial charge in [-0.2, -0.15) is 4.98 Å². The van der Waals surface area contributed by atoms with E-state index in [0.29, 0.717) is 11.8 Å². The molecule has 0 spiro atoms. The van der Waals surface area contributed by atoms with E-state index in [1.165, 1.54) is 0 Å². The number of carbonyl (C=O) groups excluding carboxylic acids is 1. The SMILES string of the molecule is NC(=O)c1cccnc1O[C@H]1CC[C@H](Nc2nccc(N3CCC(F)(F)CC3)n2)CC1. The van der Waals surface area contributed by atoms with Gasteiger partial charge < -0.3 is 20.7 Å². The fourth-order valence-electron chi connectivity index (χ4n) is 4.00. The van der Waals surface area contributed by atoms with Crippen LogP contribution >= 0.6 is 0 Å². The van der Waals surface area contributed by atoms with Crippen LogP contribution in [0.25, 0.3) is 0 Å². The maximum Gasteiger partial charge on any atom is 0.254 e. The smallest absolute Gasteiger partial charge is 0.254 e. The zero-order valence-corrected chi connectivity index (χ0v) is 17.1. The second-order valence-corrected chi connectivity index (χ2v) is 8.04. The molecule has 0 bridgehead atoms. The molecule has 4 rings (SSSR count). The normalized spacial score (nSPS) is 23.2. The van der Waals surface area contributed by atoms with E-state index >= 15 is 0 Å². The molecule has 1 saturated heterocycles. The highest BCUT2D eigenvalue weighted by Gasteiger charge is 2.34. The predicted octanol–water partition coefficient (Wildman–Crippen LogP) is 3.01. The lowest BCUT2D eigenvalue weighted by molar-refractivity contribution is -0.0221. The van der Waals surface area contributed by atoms with Crippen LogP contribution in [-0.2, 0) is 0 Å². The average Bonchev–Trinajstić information content (AvgIpc) is 2.75. The van der Waals surface area contributed by atoms with Gasteiger partial charge in [-0.15, -0.1) is 0 Å². The van der Waals surface area contributed by atoms with Crippen molar-refractivity contribution in [3.63, 3.8) is 0 Å². The Hall–Kier alpha value is -3.04. The average molecular weight is 432 g/mol. The molecular weight excluding hydrogens is 406 g/mol. The molecule has 2 aliphatic rings. The number of hydrogen-bond donors (Lipinski definition) is 2. The van der Waals surface area contributed by atoms with Gasteiger partial charge in [-0.25, -0.2) is 18.7 Å². The van der Waals surface area contributed by atoms with E-state index in [1.54, 1.807) is 30.6 Å². The predicted molar refractivity (Wildman–Crippen MR) is 111 cm³/mol. The van der Waals surface area contributed by atoms with Crippen molar-refractivity contribution in [2.24, 2.45) is 5.73 Å². The van der Waals surface area contributed by atoms with Crippen molar-refractivity contribution in [1.29, 1.82) is 0 Å². The van der Waals surface area contributed by atoms with E-state index < -0.39 is 11.8 Å². The molecule has 0 radical (unpaired) electrons. The highest BCUT2D eigenvalue weighted by Crippen LogP contribution is 2.30. The van der Waals surface area contributed by atoms with Crippen molar-refractivity contribution in [2.45, 2.75) is 56.6 Å².